The Kier molecular flexibility index (Phi) is 4.86. The van der Waals surface area contributed by atoms with Crippen LogP contribution in [0.2, 0.25) is 0 Å². The molecule has 0 heterocycles. The van der Waals surface area contributed by atoms with Crippen LogP contribution < -0.4 is 10.6 Å². The predicted molar refractivity (Wildman–Crippen MR) is 65.3 cm³/mol. The fourth-order valence-electron chi connectivity index (χ4n) is 1.36. The summed E-state index contributed by atoms with van der Waals surface area (Å²) in [6.07, 6.45) is -0.370. The number of rotatable bonds is 5. The van der Waals surface area contributed by atoms with E-state index < -0.39 is 11.9 Å². The van der Waals surface area contributed by atoms with E-state index >= 15 is 0 Å². The highest BCUT2D eigenvalue weighted by molar-refractivity contribution is 6.03. The smallest absolute Gasteiger partial charge is 0.303 e. The SMILES string of the molecule is CNC(=O)c1ccccc1NC(=O)CCC(=O)O. The van der Waals surface area contributed by atoms with Gasteiger partial charge in [0.15, 0.2) is 0 Å². The zero-order valence-corrected chi connectivity index (χ0v) is 9.90. The van der Waals surface area contributed by atoms with Crippen molar-refractivity contribution in [2.24, 2.45) is 0 Å². The van der Waals surface area contributed by atoms with Crippen molar-refractivity contribution < 1.29 is 19.5 Å². The Morgan fingerprint density at radius 3 is 2.44 bits per heavy atom. The summed E-state index contributed by atoms with van der Waals surface area (Å²) in [5, 5.41) is 13.4. The number of aliphatic carboxylic acids is 1. The summed E-state index contributed by atoms with van der Waals surface area (Å²) < 4.78 is 0. The maximum atomic E-state index is 11.5. The summed E-state index contributed by atoms with van der Waals surface area (Å²) >= 11 is 0. The molecule has 0 saturated carbocycles. The first-order valence-corrected chi connectivity index (χ1v) is 5.37. The standard InChI is InChI=1S/C12H14N2O4/c1-13-12(18)8-4-2-3-5-9(8)14-10(15)6-7-11(16)17/h2-5H,6-7H2,1H3,(H,13,18)(H,14,15)(H,16,17). The van der Waals surface area contributed by atoms with Gasteiger partial charge in [0.2, 0.25) is 5.91 Å². The highest BCUT2D eigenvalue weighted by Gasteiger charge is 2.12. The van der Waals surface area contributed by atoms with Gasteiger partial charge in [0.05, 0.1) is 17.7 Å². The monoisotopic (exact) mass is 250 g/mol. The third kappa shape index (κ3) is 3.89. The molecular weight excluding hydrogens is 236 g/mol. The number of nitrogens with one attached hydrogen (secondary N) is 2. The number of para-hydroxylation sites is 1. The average Bonchev–Trinajstić information content (AvgIpc) is 2.36. The van der Waals surface area contributed by atoms with Crippen LogP contribution in [0.5, 0.6) is 0 Å². The zero-order chi connectivity index (χ0) is 13.5. The van der Waals surface area contributed by atoms with Crippen LogP contribution in [-0.4, -0.2) is 29.9 Å². The molecule has 2 amide bonds. The van der Waals surface area contributed by atoms with Gasteiger partial charge in [-0.3, -0.25) is 14.4 Å². The molecule has 0 fully saturated rings. The molecule has 1 aromatic carbocycles. The number of hydrogen-bond donors (Lipinski definition) is 3. The summed E-state index contributed by atoms with van der Waals surface area (Å²) in [5.74, 6) is -1.79. The molecule has 1 aromatic rings. The van der Waals surface area contributed by atoms with E-state index in [1.54, 1.807) is 24.3 Å². The Morgan fingerprint density at radius 1 is 1.17 bits per heavy atom. The Morgan fingerprint density at radius 2 is 1.83 bits per heavy atom. The fourth-order valence-corrected chi connectivity index (χ4v) is 1.36. The Hall–Kier alpha value is -2.37. The normalized spacial score (nSPS) is 9.61. The van der Waals surface area contributed by atoms with Crippen LogP contribution in [0.15, 0.2) is 24.3 Å². The summed E-state index contributed by atoms with van der Waals surface area (Å²) in [6, 6.07) is 6.52. The lowest BCUT2D eigenvalue weighted by atomic mass is 10.1. The first-order chi connectivity index (χ1) is 8.54. The minimum absolute atomic E-state index is 0.128. The quantitative estimate of drug-likeness (QED) is 0.721. The molecule has 0 saturated heterocycles. The second-order valence-electron chi connectivity index (χ2n) is 3.57. The number of carboxylic acids is 1. The number of amides is 2. The number of anilines is 1. The average molecular weight is 250 g/mol. The lowest BCUT2D eigenvalue weighted by Gasteiger charge is -2.09. The molecule has 96 valence electrons. The van der Waals surface area contributed by atoms with Gasteiger partial charge in [-0.2, -0.15) is 0 Å². The molecule has 18 heavy (non-hydrogen) atoms. The summed E-state index contributed by atoms with van der Waals surface area (Å²) in [5.41, 5.74) is 0.705. The topological polar surface area (TPSA) is 95.5 Å². The molecule has 0 aromatic heterocycles. The predicted octanol–water partition coefficient (Wildman–Crippen LogP) is 0.849. The summed E-state index contributed by atoms with van der Waals surface area (Å²) in [7, 11) is 1.49. The van der Waals surface area contributed by atoms with Crippen molar-refractivity contribution in [3.05, 3.63) is 29.8 Å². The molecule has 0 aliphatic rings. The van der Waals surface area contributed by atoms with E-state index in [1.807, 2.05) is 0 Å². The molecule has 0 spiro atoms. The van der Waals surface area contributed by atoms with Gasteiger partial charge in [-0.15, -0.1) is 0 Å². The number of hydrogen-bond acceptors (Lipinski definition) is 3. The number of carbonyl (C=O) groups excluding carboxylic acids is 2. The molecule has 3 N–H and O–H groups in total. The molecule has 6 heteroatoms. The third-order valence-electron chi connectivity index (χ3n) is 2.24. The molecule has 0 unspecified atom stereocenters. The van der Waals surface area contributed by atoms with Crippen molar-refractivity contribution in [3.8, 4) is 0 Å². The van der Waals surface area contributed by atoms with E-state index in [1.165, 1.54) is 7.05 Å². The molecule has 0 aliphatic heterocycles. The molecule has 6 nitrogen and oxygen atoms in total. The van der Waals surface area contributed by atoms with Gasteiger partial charge in [0.25, 0.3) is 5.91 Å². The second-order valence-corrected chi connectivity index (χ2v) is 3.57. The Labute approximate surface area is 104 Å². The van der Waals surface area contributed by atoms with Crippen molar-refractivity contribution in [2.45, 2.75) is 12.8 Å². The Bertz CT molecular complexity index is 471. The first kappa shape index (κ1) is 13.7. The largest absolute Gasteiger partial charge is 0.481 e. The first-order valence-electron chi connectivity index (χ1n) is 5.37. The highest BCUT2D eigenvalue weighted by Crippen LogP contribution is 2.15. The van der Waals surface area contributed by atoms with Gasteiger partial charge in [0, 0.05) is 13.5 Å². The van der Waals surface area contributed by atoms with Gasteiger partial charge >= 0.3 is 5.97 Å². The van der Waals surface area contributed by atoms with Gasteiger partial charge in [-0.1, -0.05) is 12.1 Å². The number of carboxylic acid groups (broad SMARTS) is 1. The van der Waals surface area contributed by atoms with E-state index in [0.717, 1.165) is 0 Å². The van der Waals surface area contributed by atoms with E-state index in [0.29, 0.717) is 11.3 Å². The van der Waals surface area contributed by atoms with Crippen molar-refractivity contribution >= 4 is 23.5 Å². The molecular formula is C12H14N2O4. The third-order valence-corrected chi connectivity index (χ3v) is 2.24. The van der Waals surface area contributed by atoms with E-state index in [9.17, 15) is 14.4 Å². The van der Waals surface area contributed by atoms with Gasteiger partial charge in [-0.05, 0) is 12.1 Å². The summed E-state index contributed by atoms with van der Waals surface area (Å²) in [4.78, 5) is 33.3. The molecule has 0 aliphatic carbocycles. The van der Waals surface area contributed by atoms with Crippen LogP contribution >= 0.6 is 0 Å². The fraction of sp³-hybridized carbons (Fsp3) is 0.250. The molecule has 0 radical (unpaired) electrons. The van der Waals surface area contributed by atoms with E-state index in [4.69, 9.17) is 5.11 Å². The second kappa shape index (κ2) is 6.39. The van der Waals surface area contributed by atoms with Crippen LogP contribution in [0.3, 0.4) is 0 Å². The van der Waals surface area contributed by atoms with Crippen LogP contribution in [0.4, 0.5) is 5.69 Å². The Balaban J connectivity index is 2.75. The van der Waals surface area contributed by atoms with Crippen molar-refractivity contribution in [1.29, 1.82) is 0 Å². The van der Waals surface area contributed by atoms with Crippen LogP contribution in [-0.2, 0) is 9.59 Å². The maximum Gasteiger partial charge on any atom is 0.303 e. The minimum Gasteiger partial charge on any atom is -0.481 e. The lowest BCUT2D eigenvalue weighted by Crippen LogP contribution is -2.21. The molecule has 1 rings (SSSR count). The summed E-state index contributed by atoms with van der Waals surface area (Å²) in [6.45, 7) is 0. The van der Waals surface area contributed by atoms with Crippen molar-refractivity contribution in [1.82, 2.24) is 5.32 Å². The highest BCUT2D eigenvalue weighted by atomic mass is 16.4. The van der Waals surface area contributed by atoms with Crippen molar-refractivity contribution in [2.75, 3.05) is 12.4 Å². The lowest BCUT2D eigenvalue weighted by molar-refractivity contribution is -0.138. The zero-order valence-electron chi connectivity index (χ0n) is 9.90. The minimum atomic E-state index is -1.04. The van der Waals surface area contributed by atoms with E-state index in [-0.39, 0.29) is 18.7 Å². The number of carbonyl (C=O) groups is 3. The van der Waals surface area contributed by atoms with Gasteiger partial charge in [0.1, 0.15) is 0 Å². The van der Waals surface area contributed by atoms with E-state index in [2.05, 4.69) is 10.6 Å². The van der Waals surface area contributed by atoms with Crippen LogP contribution in [0.25, 0.3) is 0 Å². The maximum absolute atomic E-state index is 11.5. The molecule has 0 bridgehead atoms. The molecule has 0 atom stereocenters. The van der Waals surface area contributed by atoms with Crippen LogP contribution in [0, 0.1) is 0 Å². The van der Waals surface area contributed by atoms with Crippen molar-refractivity contribution in [3.63, 3.8) is 0 Å². The van der Waals surface area contributed by atoms with Crippen LogP contribution in [0.1, 0.15) is 23.2 Å². The van der Waals surface area contributed by atoms with Gasteiger partial charge < -0.3 is 15.7 Å². The van der Waals surface area contributed by atoms with Gasteiger partial charge in [-0.25, -0.2) is 0 Å². The number of benzene rings is 1.